The number of nitrogens with one attached hydrogen (secondary N) is 1. The summed E-state index contributed by atoms with van der Waals surface area (Å²) < 4.78 is 5.06. The van der Waals surface area contributed by atoms with Crippen LogP contribution in [-0.4, -0.2) is 30.7 Å². The minimum atomic E-state index is -0.276. The summed E-state index contributed by atoms with van der Waals surface area (Å²) in [4.78, 5) is 12.2. The van der Waals surface area contributed by atoms with Crippen molar-refractivity contribution in [3.63, 3.8) is 0 Å². The van der Waals surface area contributed by atoms with E-state index in [2.05, 4.69) is 5.32 Å². The van der Waals surface area contributed by atoms with Crippen LogP contribution in [0, 0.1) is 5.92 Å². The SMILES string of the molecule is COc1ccc(O)c(C(=O)NC2CCCC2CN)c1. The Kier molecular flexibility index (Phi) is 4.27. The highest BCUT2D eigenvalue weighted by atomic mass is 16.5. The van der Waals surface area contributed by atoms with Gasteiger partial charge >= 0.3 is 0 Å². The van der Waals surface area contributed by atoms with Crippen LogP contribution in [0.3, 0.4) is 0 Å². The summed E-state index contributed by atoms with van der Waals surface area (Å²) >= 11 is 0. The van der Waals surface area contributed by atoms with Gasteiger partial charge in [-0.2, -0.15) is 0 Å². The predicted molar refractivity (Wildman–Crippen MR) is 72.3 cm³/mol. The molecule has 0 bridgehead atoms. The molecular weight excluding hydrogens is 244 g/mol. The fraction of sp³-hybridized carbons (Fsp3) is 0.500. The van der Waals surface area contributed by atoms with Crippen LogP contribution in [0.25, 0.3) is 0 Å². The molecule has 1 aliphatic rings. The van der Waals surface area contributed by atoms with Crippen molar-refractivity contribution in [1.29, 1.82) is 0 Å². The molecule has 1 fully saturated rings. The quantitative estimate of drug-likeness (QED) is 0.764. The summed E-state index contributed by atoms with van der Waals surface area (Å²) in [6.07, 6.45) is 3.07. The molecule has 1 amide bonds. The van der Waals surface area contributed by atoms with Crippen LogP contribution in [0.2, 0.25) is 0 Å². The molecule has 1 aromatic carbocycles. The zero-order chi connectivity index (χ0) is 13.8. The maximum Gasteiger partial charge on any atom is 0.255 e. The standard InChI is InChI=1S/C14H20N2O3/c1-19-10-5-6-13(17)11(7-10)14(18)16-12-4-2-3-9(12)8-15/h5-7,9,12,17H,2-4,8,15H2,1H3,(H,16,18). The number of methoxy groups -OCH3 is 1. The Morgan fingerprint density at radius 3 is 3.00 bits per heavy atom. The molecule has 104 valence electrons. The highest BCUT2D eigenvalue weighted by Gasteiger charge is 2.28. The lowest BCUT2D eigenvalue weighted by Gasteiger charge is -2.19. The Bertz CT molecular complexity index is 462. The first-order valence-electron chi connectivity index (χ1n) is 6.53. The molecule has 19 heavy (non-hydrogen) atoms. The van der Waals surface area contributed by atoms with Crippen molar-refractivity contribution >= 4 is 5.91 Å². The van der Waals surface area contributed by atoms with Crippen molar-refractivity contribution < 1.29 is 14.6 Å². The lowest BCUT2D eigenvalue weighted by atomic mass is 10.0. The summed E-state index contributed by atoms with van der Waals surface area (Å²) in [5, 5.41) is 12.7. The maximum absolute atomic E-state index is 12.2. The van der Waals surface area contributed by atoms with Gasteiger partial charge in [0.1, 0.15) is 11.5 Å². The molecule has 2 atom stereocenters. The van der Waals surface area contributed by atoms with E-state index in [1.165, 1.54) is 19.2 Å². The van der Waals surface area contributed by atoms with Crippen LogP contribution >= 0.6 is 0 Å². The van der Waals surface area contributed by atoms with E-state index < -0.39 is 0 Å². The van der Waals surface area contributed by atoms with Crippen LogP contribution in [-0.2, 0) is 0 Å². The van der Waals surface area contributed by atoms with Crippen molar-refractivity contribution in [3.05, 3.63) is 23.8 Å². The molecule has 2 unspecified atom stereocenters. The molecule has 0 radical (unpaired) electrons. The number of ether oxygens (including phenoxy) is 1. The number of aromatic hydroxyl groups is 1. The Morgan fingerprint density at radius 2 is 2.32 bits per heavy atom. The van der Waals surface area contributed by atoms with E-state index in [1.807, 2.05) is 0 Å². The number of hydrogen-bond donors (Lipinski definition) is 3. The van der Waals surface area contributed by atoms with E-state index in [0.717, 1.165) is 19.3 Å². The third-order valence-electron chi connectivity index (χ3n) is 3.73. The second kappa shape index (κ2) is 5.93. The largest absolute Gasteiger partial charge is 0.507 e. The first-order chi connectivity index (χ1) is 9.15. The third-order valence-corrected chi connectivity index (χ3v) is 3.73. The van der Waals surface area contributed by atoms with Gasteiger partial charge in [0.25, 0.3) is 5.91 Å². The first-order valence-corrected chi connectivity index (χ1v) is 6.53. The van der Waals surface area contributed by atoms with E-state index in [1.54, 1.807) is 6.07 Å². The van der Waals surface area contributed by atoms with Crippen molar-refractivity contribution in [3.8, 4) is 11.5 Å². The molecule has 0 heterocycles. The van der Waals surface area contributed by atoms with Gasteiger partial charge in [0.15, 0.2) is 0 Å². The smallest absolute Gasteiger partial charge is 0.255 e. The number of phenolic OH excluding ortho intramolecular Hbond substituents is 1. The van der Waals surface area contributed by atoms with Crippen LogP contribution in [0.4, 0.5) is 0 Å². The number of benzene rings is 1. The van der Waals surface area contributed by atoms with Gasteiger partial charge in [-0.05, 0) is 43.5 Å². The highest BCUT2D eigenvalue weighted by molar-refractivity contribution is 5.97. The van der Waals surface area contributed by atoms with E-state index in [-0.39, 0.29) is 23.3 Å². The number of rotatable bonds is 4. The maximum atomic E-state index is 12.2. The van der Waals surface area contributed by atoms with Gasteiger partial charge < -0.3 is 20.9 Å². The van der Waals surface area contributed by atoms with Gasteiger partial charge in [0.2, 0.25) is 0 Å². The first kappa shape index (κ1) is 13.7. The average Bonchev–Trinajstić information content (AvgIpc) is 2.86. The van der Waals surface area contributed by atoms with E-state index in [9.17, 15) is 9.90 Å². The van der Waals surface area contributed by atoms with E-state index in [4.69, 9.17) is 10.5 Å². The normalized spacial score (nSPS) is 22.2. The minimum absolute atomic E-state index is 0.0411. The molecule has 0 aliphatic heterocycles. The average molecular weight is 264 g/mol. The number of carbonyl (C=O) groups is 1. The summed E-state index contributed by atoms with van der Waals surface area (Å²) in [7, 11) is 1.52. The van der Waals surface area contributed by atoms with Crippen molar-refractivity contribution in [2.45, 2.75) is 25.3 Å². The van der Waals surface area contributed by atoms with Crippen LogP contribution in [0.15, 0.2) is 18.2 Å². The minimum Gasteiger partial charge on any atom is -0.507 e. The molecule has 1 aliphatic carbocycles. The second-order valence-corrected chi connectivity index (χ2v) is 4.89. The number of carbonyl (C=O) groups excluding carboxylic acids is 1. The van der Waals surface area contributed by atoms with Gasteiger partial charge in [-0.15, -0.1) is 0 Å². The Balaban J connectivity index is 2.11. The van der Waals surface area contributed by atoms with Crippen LogP contribution in [0.5, 0.6) is 11.5 Å². The monoisotopic (exact) mass is 264 g/mol. The second-order valence-electron chi connectivity index (χ2n) is 4.89. The van der Waals surface area contributed by atoms with Gasteiger partial charge in [-0.3, -0.25) is 4.79 Å². The lowest BCUT2D eigenvalue weighted by Crippen LogP contribution is -2.39. The number of amides is 1. The molecule has 0 aromatic heterocycles. The zero-order valence-corrected chi connectivity index (χ0v) is 11.1. The van der Waals surface area contributed by atoms with E-state index >= 15 is 0 Å². The summed E-state index contributed by atoms with van der Waals surface area (Å²) in [6.45, 7) is 0.578. The molecular formula is C14H20N2O3. The molecule has 4 N–H and O–H groups in total. The summed E-state index contributed by atoms with van der Waals surface area (Å²) in [5.41, 5.74) is 5.93. The lowest BCUT2D eigenvalue weighted by molar-refractivity contribution is 0.0925. The third kappa shape index (κ3) is 2.98. The fourth-order valence-electron chi connectivity index (χ4n) is 2.58. The number of nitrogens with two attached hydrogens (primary N) is 1. The van der Waals surface area contributed by atoms with E-state index in [0.29, 0.717) is 18.2 Å². The van der Waals surface area contributed by atoms with Gasteiger partial charge in [0, 0.05) is 6.04 Å². The van der Waals surface area contributed by atoms with Crippen molar-refractivity contribution in [2.24, 2.45) is 11.7 Å². The summed E-state index contributed by atoms with van der Waals surface area (Å²) in [6, 6.07) is 4.72. The number of phenols is 1. The van der Waals surface area contributed by atoms with Crippen LogP contribution < -0.4 is 15.8 Å². The van der Waals surface area contributed by atoms with Gasteiger partial charge in [0.05, 0.1) is 12.7 Å². The molecule has 1 aromatic rings. The fourth-order valence-corrected chi connectivity index (χ4v) is 2.58. The van der Waals surface area contributed by atoms with Crippen molar-refractivity contribution in [2.75, 3.05) is 13.7 Å². The van der Waals surface area contributed by atoms with Crippen LogP contribution in [0.1, 0.15) is 29.6 Å². The molecule has 0 saturated heterocycles. The highest BCUT2D eigenvalue weighted by Crippen LogP contribution is 2.27. The summed E-state index contributed by atoms with van der Waals surface area (Å²) in [5.74, 6) is 0.559. The van der Waals surface area contributed by atoms with Gasteiger partial charge in [-0.1, -0.05) is 6.42 Å². The molecule has 2 rings (SSSR count). The Labute approximate surface area is 112 Å². The molecule has 5 heteroatoms. The van der Waals surface area contributed by atoms with Crippen molar-refractivity contribution in [1.82, 2.24) is 5.32 Å². The predicted octanol–water partition coefficient (Wildman–Crippen LogP) is 1.26. The molecule has 1 saturated carbocycles. The zero-order valence-electron chi connectivity index (χ0n) is 11.1. The Hall–Kier alpha value is -1.75. The Morgan fingerprint density at radius 1 is 1.53 bits per heavy atom. The van der Waals surface area contributed by atoms with Gasteiger partial charge in [-0.25, -0.2) is 0 Å². The topological polar surface area (TPSA) is 84.6 Å². The molecule has 5 nitrogen and oxygen atoms in total. The molecule has 0 spiro atoms. The number of hydrogen-bond acceptors (Lipinski definition) is 4.